The lowest BCUT2D eigenvalue weighted by atomic mass is 9.88. The normalized spacial score (nSPS) is 14.7. The van der Waals surface area contributed by atoms with Gasteiger partial charge >= 0.3 is 0 Å². The Kier molecular flexibility index (Phi) is 4.27. The van der Waals surface area contributed by atoms with Crippen LogP contribution in [0.5, 0.6) is 0 Å². The van der Waals surface area contributed by atoms with Crippen molar-refractivity contribution in [2.24, 2.45) is 5.41 Å². The SMILES string of the molecule is CC(N(C)S(=O)(=O)c1cc(N)cc(F)c1)C(C)(C)C. The van der Waals surface area contributed by atoms with Gasteiger partial charge in [-0.25, -0.2) is 12.8 Å². The minimum Gasteiger partial charge on any atom is -0.399 e. The molecule has 2 N–H and O–H groups in total. The highest BCUT2D eigenvalue weighted by atomic mass is 32.2. The van der Waals surface area contributed by atoms with Crippen molar-refractivity contribution < 1.29 is 12.8 Å². The molecule has 0 fully saturated rings. The minimum absolute atomic E-state index is 0.0930. The van der Waals surface area contributed by atoms with E-state index in [0.29, 0.717) is 0 Å². The predicted octanol–water partition coefficient (Wildman–Crippen LogP) is 2.46. The summed E-state index contributed by atoms with van der Waals surface area (Å²) in [5.74, 6) is -0.657. The second-order valence-electron chi connectivity index (χ2n) is 5.78. The first-order valence-electron chi connectivity index (χ1n) is 6.00. The molecule has 108 valence electrons. The molecule has 0 heterocycles. The number of hydrogen-bond donors (Lipinski definition) is 1. The summed E-state index contributed by atoms with van der Waals surface area (Å²) in [6.45, 7) is 7.66. The van der Waals surface area contributed by atoms with Crippen molar-refractivity contribution in [3.63, 3.8) is 0 Å². The number of halogens is 1. The van der Waals surface area contributed by atoms with Gasteiger partial charge in [0.05, 0.1) is 4.90 Å². The van der Waals surface area contributed by atoms with Crippen molar-refractivity contribution in [2.45, 2.75) is 38.6 Å². The van der Waals surface area contributed by atoms with Gasteiger partial charge in [0.2, 0.25) is 10.0 Å². The van der Waals surface area contributed by atoms with Gasteiger partial charge in [-0.15, -0.1) is 0 Å². The molecule has 0 aliphatic rings. The van der Waals surface area contributed by atoms with E-state index in [1.165, 1.54) is 17.4 Å². The number of anilines is 1. The van der Waals surface area contributed by atoms with E-state index in [1.54, 1.807) is 0 Å². The van der Waals surface area contributed by atoms with Crippen LogP contribution in [0.3, 0.4) is 0 Å². The third-order valence-electron chi connectivity index (χ3n) is 3.37. The molecule has 4 nitrogen and oxygen atoms in total. The fourth-order valence-corrected chi connectivity index (χ4v) is 3.26. The number of nitrogens with two attached hydrogens (primary N) is 1. The first-order valence-corrected chi connectivity index (χ1v) is 7.44. The lowest BCUT2D eigenvalue weighted by Gasteiger charge is -2.34. The Hall–Kier alpha value is -1.14. The van der Waals surface area contributed by atoms with Gasteiger partial charge in [0.25, 0.3) is 0 Å². The summed E-state index contributed by atoms with van der Waals surface area (Å²) in [4.78, 5) is -0.122. The zero-order valence-electron chi connectivity index (χ0n) is 11.9. The minimum atomic E-state index is -3.75. The highest BCUT2D eigenvalue weighted by Gasteiger charge is 2.32. The van der Waals surface area contributed by atoms with Crippen LogP contribution in [0.4, 0.5) is 10.1 Å². The molecule has 0 spiro atoms. The molecule has 0 radical (unpaired) electrons. The first-order chi connectivity index (χ1) is 8.46. The Labute approximate surface area is 114 Å². The molecule has 1 rings (SSSR count). The molecule has 1 aromatic rings. The van der Waals surface area contributed by atoms with Gasteiger partial charge in [0.15, 0.2) is 0 Å². The van der Waals surface area contributed by atoms with Crippen molar-refractivity contribution in [1.29, 1.82) is 0 Å². The molecule has 0 amide bonds. The van der Waals surface area contributed by atoms with Gasteiger partial charge in [0.1, 0.15) is 5.82 Å². The summed E-state index contributed by atoms with van der Waals surface area (Å²) < 4.78 is 39.4. The first kappa shape index (κ1) is 15.9. The van der Waals surface area contributed by atoms with Crippen LogP contribution in [0.2, 0.25) is 0 Å². The molecule has 0 saturated carbocycles. The lowest BCUT2D eigenvalue weighted by molar-refractivity contribution is 0.216. The molecule has 1 atom stereocenters. The maximum atomic E-state index is 13.3. The number of rotatable bonds is 3. The topological polar surface area (TPSA) is 63.4 Å². The third kappa shape index (κ3) is 3.45. The summed E-state index contributed by atoms with van der Waals surface area (Å²) in [5.41, 5.74) is 5.37. The van der Waals surface area contributed by atoms with E-state index < -0.39 is 15.8 Å². The zero-order valence-corrected chi connectivity index (χ0v) is 12.8. The number of sulfonamides is 1. The van der Waals surface area contributed by atoms with Gasteiger partial charge in [-0.05, 0) is 30.5 Å². The summed E-state index contributed by atoms with van der Waals surface area (Å²) in [7, 11) is -2.26. The molecule has 0 aliphatic heterocycles. The highest BCUT2D eigenvalue weighted by Crippen LogP contribution is 2.28. The Morgan fingerprint density at radius 3 is 2.21 bits per heavy atom. The Morgan fingerprint density at radius 1 is 1.26 bits per heavy atom. The summed E-state index contributed by atoms with van der Waals surface area (Å²) in [5, 5.41) is 0. The third-order valence-corrected chi connectivity index (χ3v) is 5.28. The van der Waals surface area contributed by atoms with Crippen LogP contribution in [0.1, 0.15) is 27.7 Å². The Morgan fingerprint density at radius 2 is 1.79 bits per heavy atom. The average molecular weight is 288 g/mol. The van der Waals surface area contributed by atoms with Gasteiger partial charge < -0.3 is 5.73 Å². The van der Waals surface area contributed by atoms with E-state index in [0.717, 1.165) is 12.1 Å². The molecule has 6 heteroatoms. The van der Waals surface area contributed by atoms with Gasteiger partial charge in [0, 0.05) is 18.8 Å². The molecule has 0 aromatic heterocycles. The molecule has 0 bridgehead atoms. The van der Waals surface area contributed by atoms with Crippen molar-refractivity contribution >= 4 is 15.7 Å². The second kappa shape index (κ2) is 5.09. The van der Waals surface area contributed by atoms with Crippen molar-refractivity contribution in [2.75, 3.05) is 12.8 Å². The number of benzene rings is 1. The molecule has 0 aliphatic carbocycles. The molecule has 1 aromatic carbocycles. The quantitative estimate of drug-likeness (QED) is 0.869. The van der Waals surface area contributed by atoms with Crippen LogP contribution in [-0.2, 0) is 10.0 Å². The van der Waals surface area contributed by atoms with Crippen molar-refractivity contribution in [1.82, 2.24) is 4.31 Å². The fraction of sp³-hybridized carbons (Fsp3) is 0.538. The van der Waals surface area contributed by atoms with Crippen LogP contribution in [0.25, 0.3) is 0 Å². The van der Waals surface area contributed by atoms with Gasteiger partial charge in [-0.2, -0.15) is 4.31 Å². The van der Waals surface area contributed by atoms with E-state index >= 15 is 0 Å². The Bertz CT molecular complexity index is 544. The molecular weight excluding hydrogens is 267 g/mol. The van der Waals surface area contributed by atoms with Crippen LogP contribution >= 0.6 is 0 Å². The van der Waals surface area contributed by atoms with E-state index in [2.05, 4.69) is 0 Å². The number of hydrogen-bond acceptors (Lipinski definition) is 3. The van der Waals surface area contributed by atoms with Crippen LogP contribution in [0.15, 0.2) is 23.1 Å². The lowest BCUT2D eigenvalue weighted by Crippen LogP contribution is -2.42. The van der Waals surface area contributed by atoms with E-state index in [-0.39, 0.29) is 22.0 Å². The number of nitrogens with zero attached hydrogens (tertiary/aromatic N) is 1. The maximum absolute atomic E-state index is 13.3. The van der Waals surface area contributed by atoms with E-state index in [9.17, 15) is 12.8 Å². The van der Waals surface area contributed by atoms with Crippen molar-refractivity contribution in [3.05, 3.63) is 24.0 Å². The zero-order chi connectivity index (χ0) is 15.0. The predicted molar refractivity (Wildman–Crippen MR) is 74.7 cm³/mol. The molecule has 1 unspecified atom stereocenters. The summed E-state index contributed by atoms with van der Waals surface area (Å²) in [6.07, 6.45) is 0. The standard InChI is InChI=1S/C13H21FN2O2S/c1-9(13(2,3)4)16(5)19(17,18)12-7-10(14)6-11(15)8-12/h6-9H,15H2,1-5H3. The fourth-order valence-electron chi connectivity index (χ4n) is 1.65. The highest BCUT2D eigenvalue weighted by molar-refractivity contribution is 7.89. The number of nitrogen functional groups attached to an aromatic ring is 1. The molecule has 0 saturated heterocycles. The van der Waals surface area contributed by atoms with Crippen LogP contribution < -0.4 is 5.73 Å². The summed E-state index contributed by atoms with van der Waals surface area (Å²) >= 11 is 0. The molecular formula is C13H21FN2O2S. The van der Waals surface area contributed by atoms with Crippen LogP contribution in [-0.4, -0.2) is 25.8 Å². The van der Waals surface area contributed by atoms with Gasteiger partial charge in [-0.3, -0.25) is 0 Å². The second-order valence-corrected chi connectivity index (χ2v) is 7.78. The van der Waals surface area contributed by atoms with Gasteiger partial charge in [-0.1, -0.05) is 20.8 Å². The van der Waals surface area contributed by atoms with Crippen LogP contribution in [0, 0.1) is 11.2 Å². The Balaban J connectivity index is 3.24. The van der Waals surface area contributed by atoms with E-state index in [4.69, 9.17) is 5.73 Å². The largest absolute Gasteiger partial charge is 0.399 e. The monoisotopic (exact) mass is 288 g/mol. The maximum Gasteiger partial charge on any atom is 0.243 e. The van der Waals surface area contributed by atoms with Crippen molar-refractivity contribution in [3.8, 4) is 0 Å². The average Bonchev–Trinajstić information content (AvgIpc) is 2.24. The summed E-state index contributed by atoms with van der Waals surface area (Å²) in [6, 6.07) is 3.11. The molecule has 19 heavy (non-hydrogen) atoms. The smallest absolute Gasteiger partial charge is 0.243 e. The van der Waals surface area contributed by atoms with E-state index in [1.807, 2.05) is 27.7 Å².